The Morgan fingerprint density at radius 1 is 1.20 bits per heavy atom. The standard InChI is InChI=1S/C19H28O/c1-4-13(2)15-7-9-17(10-8-15)19(3,20)18-12-14-5-6-16(18)11-14/h7-10,13-14,16,18,20H,4-6,11-12H2,1-3H3. The third-order valence-electron chi connectivity index (χ3n) is 6.14. The molecule has 0 amide bonds. The van der Waals surface area contributed by atoms with Gasteiger partial charge in [0.25, 0.3) is 0 Å². The number of hydrogen-bond acceptors (Lipinski definition) is 1. The lowest BCUT2D eigenvalue weighted by atomic mass is 9.73. The van der Waals surface area contributed by atoms with E-state index in [9.17, 15) is 5.11 Å². The van der Waals surface area contributed by atoms with E-state index in [1.54, 1.807) is 0 Å². The average Bonchev–Trinajstić information content (AvgIpc) is 3.09. The van der Waals surface area contributed by atoms with Crippen molar-refractivity contribution in [3.05, 3.63) is 35.4 Å². The van der Waals surface area contributed by atoms with Gasteiger partial charge in [0.2, 0.25) is 0 Å². The van der Waals surface area contributed by atoms with E-state index in [0.717, 1.165) is 17.4 Å². The van der Waals surface area contributed by atoms with Gasteiger partial charge in [-0.1, -0.05) is 44.5 Å². The first-order chi connectivity index (χ1) is 9.52. The minimum atomic E-state index is -0.645. The zero-order valence-corrected chi connectivity index (χ0v) is 13.1. The number of fused-ring (bicyclic) bond motifs is 2. The Balaban J connectivity index is 1.80. The molecular formula is C19H28O. The van der Waals surface area contributed by atoms with E-state index in [1.165, 1.54) is 37.7 Å². The molecule has 1 aromatic carbocycles. The molecule has 3 rings (SSSR count). The molecule has 110 valence electrons. The molecule has 2 aliphatic carbocycles. The van der Waals surface area contributed by atoms with Crippen LogP contribution in [-0.4, -0.2) is 5.11 Å². The summed E-state index contributed by atoms with van der Waals surface area (Å²) in [5.74, 6) is 2.72. The van der Waals surface area contributed by atoms with E-state index in [1.807, 2.05) is 6.92 Å². The van der Waals surface area contributed by atoms with Gasteiger partial charge in [0, 0.05) is 0 Å². The zero-order valence-electron chi connectivity index (χ0n) is 13.1. The monoisotopic (exact) mass is 272 g/mol. The third-order valence-corrected chi connectivity index (χ3v) is 6.14. The van der Waals surface area contributed by atoms with Crippen LogP contribution in [0, 0.1) is 17.8 Å². The van der Waals surface area contributed by atoms with Gasteiger partial charge in [0.15, 0.2) is 0 Å². The van der Waals surface area contributed by atoms with Gasteiger partial charge in [-0.2, -0.15) is 0 Å². The van der Waals surface area contributed by atoms with E-state index >= 15 is 0 Å². The highest BCUT2D eigenvalue weighted by molar-refractivity contribution is 5.29. The van der Waals surface area contributed by atoms with Crippen molar-refractivity contribution >= 4 is 0 Å². The quantitative estimate of drug-likeness (QED) is 0.831. The van der Waals surface area contributed by atoms with Crippen molar-refractivity contribution in [2.75, 3.05) is 0 Å². The summed E-state index contributed by atoms with van der Waals surface area (Å²) < 4.78 is 0. The summed E-state index contributed by atoms with van der Waals surface area (Å²) in [6.07, 6.45) is 6.47. The lowest BCUT2D eigenvalue weighted by Crippen LogP contribution is -2.35. The van der Waals surface area contributed by atoms with Crippen LogP contribution in [0.2, 0.25) is 0 Å². The third kappa shape index (κ3) is 2.30. The summed E-state index contributed by atoms with van der Waals surface area (Å²) in [5.41, 5.74) is 1.86. The van der Waals surface area contributed by atoms with Crippen LogP contribution >= 0.6 is 0 Å². The molecule has 1 aromatic rings. The van der Waals surface area contributed by atoms with Crippen molar-refractivity contribution in [3.8, 4) is 0 Å². The summed E-state index contributed by atoms with van der Waals surface area (Å²) in [6, 6.07) is 8.75. The molecule has 0 aromatic heterocycles. The second-order valence-electron chi connectivity index (χ2n) is 7.36. The van der Waals surface area contributed by atoms with Crippen molar-refractivity contribution in [2.45, 2.75) is 64.4 Å². The molecule has 5 atom stereocenters. The van der Waals surface area contributed by atoms with Gasteiger partial charge in [-0.3, -0.25) is 0 Å². The summed E-state index contributed by atoms with van der Waals surface area (Å²) in [5, 5.41) is 11.1. The lowest BCUT2D eigenvalue weighted by Gasteiger charge is -2.36. The minimum absolute atomic E-state index is 0.468. The van der Waals surface area contributed by atoms with Gasteiger partial charge in [0.05, 0.1) is 5.60 Å². The highest BCUT2D eigenvalue weighted by Crippen LogP contribution is 2.54. The largest absolute Gasteiger partial charge is 0.385 e. The molecule has 0 radical (unpaired) electrons. The lowest BCUT2D eigenvalue weighted by molar-refractivity contribution is -0.0297. The summed E-state index contributed by atoms with van der Waals surface area (Å²) >= 11 is 0. The van der Waals surface area contributed by atoms with Crippen molar-refractivity contribution in [1.29, 1.82) is 0 Å². The Morgan fingerprint density at radius 3 is 2.40 bits per heavy atom. The van der Waals surface area contributed by atoms with Crippen molar-refractivity contribution in [3.63, 3.8) is 0 Å². The molecule has 0 spiro atoms. The fourth-order valence-corrected chi connectivity index (χ4v) is 4.53. The van der Waals surface area contributed by atoms with Crippen molar-refractivity contribution < 1.29 is 5.11 Å². The van der Waals surface area contributed by atoms with E-state index in [4.69, 9.17) is 0 Å². The predicted octanol–water partition coefficient (Wildman–Crippen LogP) is 4.84. The summed E-state index contributed by atoms with van der Waals surface area (Å²) in [4.78, 5) is 0. The molecule has 2 fully saturated rings. The van der Waals surface area contributed by atoms with Crippen LogP contribution < -0.4 is 0 Å². The molecule has 1 nitrogen and oxygen atoms in total. The van der Waals surface area contributed by atoms with Gasteiger partial charge < -0.3 is 5.11 Å². The number of rotatable bonds is 4. The molecule has 0 saturated heterocycles. The van der Waals surface area contributed by atoms with E-state index in [-0.39, 0.29) is 0 Å². The van der Waals surface area contributed by atoms with Gasteiger partial charge in [-0.15, -0.1) is 0 Å². The number of benzene rings is 1. The fraction of sp³-hybridized carbons (Fsp3) is 0.684. The molecule has 1 heteroatoms. The Kier molecular flexibility index (Phi) is 3.66. The predicted molar refractivity (Wildman–Crippen MR) is 83.7 cm³/mol. The van der Waals surface area contributed by atoms with E-state index < -0.39 is 5.60 Å². The first-order valence-electron chi connectivity index (χ1n) is 8.35. The molecule has 0 aliphatic heterocycles. The summed E-state index contributed by atoms with van der Waals surface area (Å²) in [6.45, 7) is 6.53. The van der Waals surface area contributed by atoms with Gasteiger partial charge in [-0.25, -0.2) is 0 Å². The minimum Gasteiger partial charge on any atom is -0.385 e. The zero-order chi connectivity index (χ0) is 14.3. The van der Waals surface area contributed by atoms with Crippen molar-refractivity contribution in [1.82, 2.24) is 0 Å². The molecule has 1 N–H and O–H groups in total. The highest BCUT2D eigenvalue weighted by Gasteiger charge is 2.48. The summed E-state index contributed by atoms with van der Waals surface area (Å²) in [7, 11) is 0. The van der Waals surface area contributed by atoms with Gasteiger partial charge >= 0.3 is 0 Å². The maximum absolute atomic E-state index is 11.1. The average molecular weight is 272 g/mol. The molecule has 2 bridgehead atoms. The topological polar surface area (TPSA) is 20.2 Å². The maximum atomic E-state index is 11.1. The van der Waals surface area contributed by atoms with Crippen LogP contribution in [0.5, 0.6) is 0 Å². The van der Waals surface area contributed by atoms with Crippen LogP contribution in [0.3, 0.4) is 0 Å². The van der Waals surface area contributed by atoms with E-state index in [2.05, 4.69) is 38.1 Å². The Hall–Kier alpha value is -0.820. The molecular weight excluding hydrogens is 244 g/mol. The molecule has 5 unspecified atom stereocenters. The molecule has 0 heterocycles. The van der Waals surface area contributed by atoms with Crippen LogP contribution in [0.25, 0.3) is 0 Å². The van der Waals surface area contributed by atoms with Gasteiger partial charge in [0.1, 0.15) is 0 Å². The van der Waals surface area contributed by atoms with Crippen LogP contribution in [-0.2, 0) is 5.60 Å². The first kappa shape index (κ1) is 14.1. The highest BCUT2D eigenvalue weighted by atomic mass is 16.3. The second kappa shape index (κ2) is 5.18. The number of hydrogen-bond donors (Lipinski definition) is 1. The molecule has 2 saturated carbocycles. The fourth-order valence-electron chi connectivity index (χ4n) is 4.53. The normalized spacial score (nSPS) is 33.1. The SMILES string of the molecule is CCC(C)c1ccc(C(C)(O)C2CC3CCC2C3)cc1. The smallest absolute Gasteiger partial charge is 0.0899 e. The Bertz CT molecular complexity index is 459. The number of aliphatic hydroxyl groups is 1. The van der Waals surface area contributed by atoms with Crippen LogP contribution in [0.4, 0.5) is 0 Å². The van der Waals surface area contributed by atoms with Gasteiger partial charge in [-0.05, 0) is 67.4 Å². The molecule has 20 heavy (non-hydrogen) atoms. The van der Waals surface area contributed by atoms with Crippen molar-refractivity contribution in [2.24, 2.45) is 17.8 Å². The van der Waals surface area contributed by atoms with E-state index in [0.29, 0.717) is 11.8 Å². The second-order valence-corrected chi connectivity index (χ2v) is 7.36. The maximum Gasteiger partial charge on any atom is 0.0899 e. The Morgan fingerprint density at radius 2 is 1.90 bits per heavy atom. The Labute approximate surface area is 123 Å². The first-order valence-corrected chi connectivity index (χ1v) is 8.35. The molecule has 2 aliphatic rings. The van der Waals surface area contributed by atoms with Crippen LogP contribution in [0.15, 0.2) is 24.3 Å². The van der Waals surface area contributed by atoms with Crippen LogP contribution in [0.1, 0.15) is 69.9 Å².